The van der Waals surface area contributed by atoms with E-state index in [1.54, 1.807) is 50.2 Å². The summed E-state index contributed by atoms with van der Waals surface area (Å²) in [4.78, 5) is 37.8. The Kier molecular flexibility index (Phi) is 8.61. The second-order valence-electron chi connectivity index (χ2n) is 7.51. The highest BCUT2D eigenvalue weighted by molar-refractivity contribution is 6.00. The van der Waals surface area contributed by atoms with Gasteiger partial charge in [0.1, 0.15) is 11.8 Å². The molecule has 0 aliphatic carbocycles. The summed E-state index contributed by atoms with van der Waals surface area (Å²) in [6.45, 7) is 7.11. The number of para-hydroxylation sites is 1. The Bertz CT molecular complexity index is 908. The van der Waals surface area contributed by atoms with Crippen LogP contribution in [-0.4, -0.2) is 37.0 Å². The third-order valence-electron chi connectivity index (χ3n) is 4.85. The van der Waals surface area contributed by atoms with Crippen LogP contribution >= 0.6 is 0 Å². The van der Waals surface area contributed by atoms with Gasteiger partial charge in [0.2, 0.25) is 0 Å². The molecule has 0 radical (unpaired) electrons. The molecule has 2 aromatic carbocycles. The van der Waals surface area contributed by atoms with E-state index in [1.165, 1.54) is 14.0 Å². The van der Waals surface area contributed by atoms with Gasteiger partial charge in [-0.15, -0.1) is 0 Å². The summed E-state index contributed by atoms with van der Waals surface area (Å²) < 4.78 is 10.6. The van der Waals surface area contributed by atoms with E-state index in [4.69, 9.17) is 9.47 Å². The quantitative estimate of drug-likeness (QED) is 0.598. The van der Waals surface area contributed by atoms with E-state index in [0.717, 1.165) is 12.0 Å². The summed E-state index contributed by atoms with van der Waals surface area (Å²) in [7, 11) is 1.47. The zero-order chi connectivity index (χ0) is 23.0. The minimum absolute atomic E-state index is 0.247. The molecule has 7 heteroatoms. The Morgan fingerprint density at radius 3 is 2.19 bits per heavy atom. The lowest BCUT2D eigenvalue weighted by atomic mass is 10.0. The van der Waals surface area contributed by atoms with Crippen LogP contribution in [0.25, 0.3) is 0 Å². The van der Waals surface area contributed by atoms with Gasteiger partial charge in [0.15, 0.2) is 6.10 Å². The van der Waals surface area contributed by atoms with E-state index in [-0.39, 0.29) is 5.92 Å². The summed E-state index contributed by atoms with van der Waals surface area (Å²) >= 11 is 0. The number of hydrogen-bond acceptors (Lipinski definition) is 5. The van der Waals surface area contributed by atoms with E-state index in [2.05, 4.69) is 10.6 Å². The maximum Gasteiger partial charge on any atom is 0.329 e. The summed E-state index contributed by atoms with van der Waals surface area (Å²) in [6, 6.07) is 13.3. The molecular formula is C24H30N2O5. The minimum Gasteiger partial charge on any atom is -0.496 e. The van der Waals surface area contributed by atoms with E-state index < -0.39 is 29.9 Å². The molecule has 2 aromatic rings. The fourth-order valence-electron chi connectivity index (χ4n) is 2.92. The molecular weight excluding hydrogens is 396 g/mol. The maximum absolute atomic E-state index is 12.7. The fraction of sp³-hybridized carbons (Fsp3) is 0.375. The summed E-state index contributed by atoms with van der Waals surface area (Å²) in [6.07, 6.45) is -0.123. The topological polar surface area (TPSA) is 93.7 Å². The van der Waals surface area contributed by atoms with Crippen LogP contribution in [0.5, 0.6) is 5.75 Å². The molecule has 0 heterocycles. The maximum atomic E-state index is 12.7. The number of nitrogens with one attached hydrogen (secondary N) is 2. The van der Waals surface area contributed by atoms with Gasteiger partial charge in [0.25, 0.3) is 11.8 Å². The van der Waals surface area contributed by atoms with Crippen molar-refractivity contribution in [3.63, 3.8) is 0 Å². The molecule has 7 nitrogen and oxygen atoms in total. The van der Waals surface area contributed by atoms with Crippen LogP contribution < -0.4 is 15.4 Å². The van der Waals surface area contributed by atoms with Gasteiger partial charge in [0, 0.05) is 5.69 Å². The molecule has 0 aromatic heterocycles. The normalized spacial score (nSPS) is 12.6. The highest BCUT2D eigenvalue weighted by Crippen LogP contribution is 2.18. The van der Waals surface area contributed by atoms with E-state index >= 15 is 0 Å². The number of methoxy groups -OCH3 is 1. The van der Waals surface area contributed by atoms with Crippen LogP contribution in [0.4, 0.5) is 5.69 Å². The van der Waals surface area contributed by atoms with Gasteiger partial charge < -0.3 is 20.1 Å². The van der Waals surface area contributed by atoms with Gasteiger partial charge in [-0.1, -0.05) is 45.0 Å². The number of rotatable bonds is 9. The van der Waals surface area contributed by atoms with Crippen molar-refractivity contribution in [1.29, 1.82) is 0 Å². The molecule has 2 rings (SSSR count). The van der Waals surface area contributed by atoms with Crippen molar-refractivity contribution in [3.8, 4) is 5.75 Å². The number of esters is 1. The first kappa shape index (κ1) is 23.9. The SMILES string of the molecule is CCc1ccc(NC(=O)[C@@H](C)OC(=O)[C@@H](NC(=O)c2ccccc2OC)C(C)C)cc1. The van der Waals surface area contributed by atoms with Crippen molar-refractivity contribution in [1.82, 2.24) is 5.32 Å². The van der Waals surface area contributed by atoms with Crippen LogP contribution in [0, 0.1) is 5.92 Å². The van der Waals surface area contributed by atoms with Crippen LogP contribution in [0.3, 0.4) is 0 Å². The third kappa shape index (κ3) is 6.57. The summed E-state index contributed by atoms with van der Waals surface area (Å²) in [5.74, 6) is -1.43. The lowest BCUT2D eigenvalue weighted by molar-refractivity contribution is -0.156. The molecule has 2 amide bonds. The molecule has 0 spiro atoms. The Morgan fingerprint density at radius 2 is 1.61 bits per heavy atom. The molecule has 31 heavy (non-hydrogen) atoms. The van der Waals surface area contributed by atoms with Crippen molar-refractivity contribution >= 4 is 23.5 Å². The zero-order valence-electron chi connectivity index (χ0n) is 18.6. The Morgan fingerprint density at radius 1 is 0.968 bits per heavy atom. The predicted molar refractivity (Wildman–Crippen MR) is 119 cm³/mol. The number of ether oxygens (including phenoxy) is 2. The molecule has 0 fully saturated rings. The van der Waals surface area contributed by atoms with E-state index in [0.29, 0.717) is 17.0 Å². The third-order valence-corrected chi connectivity index (χ3v) is 4.85. The predicted octanol–water partition coefficient (Wildman–Crippen LogP) is 3.58. The number of hydrogen-bond donors (Lipinski definition) is 2. The molecule has 166 valence electrons. The second kappa shape index (κ2) is 11.2. The number of amides is 2. The lowest BCUT2D eigenvalue weighted by Gasteiger charge is -2.23. The zero-order valence-corrected chi connectivity index (χ0v) is 18.6. The highest BCUT2D eigenvalue weighted by atomic mass is 16.5. The number of anilines is 1. The number of benzene rings is 2. The van der Waals surface area contributed by atoms with Crippen LogP contribution in [0.15, 0.2) is 48.5 Å². The van der Waals surface area contributed by atoms with Crippen molar-refractivity contribution in [2.45, 2.75) is 46.3 Å². The van der Waals surface area contributed by atoms with Crippen molar-refractivity contribution < 1.29 is 23.9 Å². The molecule has 2 N–H and O–H groups in total. The van der Waals surface area contributed by atoms with Gasteiger partial charge in [-0.05, 0) is 49.1 Å². The first-order chi connectivity index (χ1) is 14.8. The number of carbonyl (C=O) groups excluding carboxylic acids is 3. The summed E-state index contributed by atoms with van der Waals surface area (Å²) in [5, 5.41) is 5.42. The largest absolute Gasteiger partial charge is 0.496 e. The first-order valence-corrected chi connectivity index (χ1v) is 10.3. The van der Waals surface area contributed by atoms with Crippen LogP contribution in [0.2, 0.25) is 0 Å². The van der Waals surface area contributed by atoms with Crippen LogP contribution in [0.1, 0.15) is 43.6 Å². The monoisotopic (exact) mass is 426 g/mol. The molecule has 0 saturated heterocycles. The highest BCUT2D eigenvalue weighted by Gasteiger charge is 2.30. The Balaban J connectivity index is 2.01. The van der Waals surface area contributed by atoms with Crippen molar-refractivity contribution in [2.75, 3.05) is 12.4 Å². The van der Waals surface area contributed by atoms with Crippen LogP contribution in [-0.2, 0) is 20.7 Å². The molecule has 0 aliphatic rings. The van der Waals surface area contributed by atoms with Gasteiger partial charge in [-0.2, -0.15) is 0 Å². The standard InChI is InChI=1S/C24H30N2O5/c1-6-17-11-13-18(14-12-17)25-22(27)16(4)31-24(29)21(15(2)3)26-23(28)19-9-7-8-10-20(19)30-5/h7-16,21H,6H2,1-5H3,(H,25,27)(H,26,28)/t16-,21+/m1/s1. The Labute approximate surface area is 183 Å². The average molecular weight is 427 g/mol. The number of aryl methyl sites for hydroxylation is 1. The number of carbonyl (C=O) groups is 3. The van der Waals surface area contributed by atoms with Crippen molar-refractivity contribution in [2.24, 2.45) is 5.92 Å². The van der Waals surface area contributed by atoms with E-state index in [9.17, 15) is 14.4 Å². The Hall–Kier alpha value is -3.35. The molecule has 0 aliphatic heterocycles. The minimum atomic E-state index is -1.03. The van der Waals surface area contributed by atoms with E-state index in [1.807, 2.05) is 19.1 Å². The average Bonchev–Trinajstić information content (AvgIpc) is 2.77. The first-order valence-electron chi connectivity index (χ1n) is 10.3. The van der Waals surface area contributed by atoms with Gasteiger partial charge in [0.05, 0.1) is 12.7 Å². The summed E-state index contributed by atoms with van der Waals surface area (Å²) in [5.41, 5.74) is 2.09. The molecule has 0 unspecified atom stereocenters. The molecule has 0 bridgehead atoms. The van der Waals surface area contributed by atoms with Crippen molar-refractivity contribution in [3.05, 3.63) is 59.7 Å². The molecule has 0 saturated carbocycles. The van der Waals surface area contributed by atoms with Gasteiger partial charge in [-0.25, -0.2) is 4.79 Å². The second-order valence-corrected chi connectivity index (χ2v) is 7.51. The smallest absolute Gasteiger partial charge is 0.329 e. The lowest BCUT2D eigenvalue weighted by Crippen LogP contribution is -2.47. The van der Waals surface area contributed by atoms with Gasteiger partial charge >= 0.3 is 5.97 Å². The van der Waals surface area contributed by atoms with Gasteiger partial charge in [-0.3, -0.25) is 9.59 Å². The molecule has 2 atom stereocenters. The fourth-order valence-corrected chi connectivity index (χ4v) is 2.92.